The standard InChI is InChI=1S/C21H25ClN2O2/c1-3-20(25)24(15-17-10-12-18(22)13-11-17)19(21(26)23-4-2)14-16-8-6-5-7-9-16/h5-13,19H,3-4,14-15H2,1-2H3,(H,23,26). The molecule has 1 unspecified atom stereocenters. The Hall–Kier alpha value is -2.33. The zero-order valence-electron chi connectivity index (χ0n) is 15.2. The number of rotatable bonds is 8. The van der Waals surface area contributed by atoms with E-state index in [1.54, 1.807) is 17.0 Å². The van der Waals surface area contributed by atoms with Crippen LogP contribution in [0.4, 0.5) is 0 Å². The molecule has 1 N–H and O–H groups in total. The molecule has 0 aliphatic rings. The molecule has 5 heteroatoms. The monoisotopic (exact) mass is 372 g/mol. The Bertz CT molecular complexity index is 717. The van der Waals surface area contributed by atoms with Gasteiger partial charge in [0.1, 0.15) is 6.04 Å². The number of carbonyl (C=O) groups excluding carboxylic acids is 2. The van der Waals surface area contributed by atoms with Crippen molar-refractivity contribution in [1.82, 2.24) is 10.2 Å². The van der Waals surface area contributed by atoms with Crippen molar-refractivity contribution in [3.63, 3.8) is 0 Å². The lowest BCUT2D eigenvalue weighted by Gasteiger charge is -2.31. The Morgan fingerprint density at radius 3 is 2.23 bits per heavy atom. The largest absolute Gasteiger partial charge is 0.355 e. The summed E-state index contributed by atoms with van der Waals surface area (Å²) in [5.74, 6) is -0.181. The first kappa shape index (κ1) is 20.0. The maximum Gasteiger partial charge on any atom is 0.243 e. The van der Waals surface area contributed by atoms with Crippen molar-refractivity contribution in [2.75, 3.05) is 6.54 Å². The Balaban J connectivity index is 2.31. The summed E-state index contributed by atoms with van der Waals surface area (Å²) in [7, 11) is 0. The smallest absolute Gasteiger partial charge is 0.243 e. The van der Waals surface area contributed by atoms with Crippen LogP contribution in [0.15, 0.2) is 54.6 Å². The third-order valence-corrected chi connectivity index (χ3v) is 4.44. The maximum absolute atomic E-state index is 12.7. The van der Waals surface area contributed by atoms with Gasteiger partial charge in [0.05, 0.1) is 0 Å². The highest BCUT2D eigenvalue weighted by Gasteiger charge is 2.29. The highest BCUT2D eigenvalue weighted by molar-refractivity contribution is 6.30. The summed E-state index contributed by atoms with van der Waals surface area (Å²) in [5.41, 5.74) is 1.97. The van der Waals surface area contributed by atoms with Crippen LogP contribution >= 0.6 is 11.6 Å². The highest BCUT2D eigenvalue weighted by Crippen LogP contribution is 2.17. The molecule has 1 atom stereocenters. The van der Waals surface area contributed by atoms with E-state index in [1.165, 1.54) is 0 Å². The summed E-state index contributed by atoms with van der Waals surface area (Å²) in [6.07, 6.45) is 0.824. The molecular weight excluding hydrogens is 348 g/mol. The molecule has 0 saturated heterocycles. The van der Waals surface area contributed by atoms with Gasteiger partial charge in [-0.05, 0) is 30.2 Å². The molecule has 2 aromatic rings. The Morgan fingerprint density at radius 1 is 1.00 bits per heavy atom. The molecule has 0 radical (unpaired) electrons. The first-order chi connectivity index (χ1) is 12.5. The van der Waals surface area contributed by atoms with Gasteiger partial charge < -0.3 is 10.2 Å². The maximum atomic E-state index is 12.7. The second-order valence-electron chi connectivity index (χ2n) is 6.10. The third-order valence-electron chi connectivity index (χ3n) is 4.19. The average molecular weight is 373 g/mol. The van der Waals surface area contributed by atoms with Crippen molar-refractivity contribution in [3.05, 3.63) is 70.7 Å². The van der Waals surface area contributed by atoms with Gasteiger partial charge in [0.2, 0.25) is 11.8 Å². The lowest BCUT2D eigenvalue weighted by molar-refractivity contribution is -0.141. The van der Waals surface area contributed by atoms with Crippen molar-refractivity contribution in [3.8, 4) is 0 Å². The summed E-state index contributed by atoms with van der Waals surface area (Å²) < 4.78 is 0. The Morgan fingerprint density at radius 2 is 1.65 bits per heavy atom. The average Bonchev–Trinajstić information content (AvgIpc) is 2.66. The van der Waals surface area contributed by atoms with E-state index in [4.69, 9.17) is 11.6 Å². The van der Waals surface area contributed by atoms with E-state index in [-0.39, 0.29) is 11.8 Å². The van der Waals surface area contributed by atoms with E-state index in [0.717, 1.165) is 11.1 Å². The van der Waals surface area contributed by atoms with Crippen LogP contribution in [0.3, 0.4) is 0 Å². The molecule has 4 nitrogen and oxygen atoms in total. The minimum absolute atomic E-state index is 0.0489. The lowest BCUT2D eigenvalue weighted by atomic mass is 10.0. The summed E-state index contributed by atoms with van der Waals surface area (Å²) in [6, 6.07) is 16.6. The van der Waals surface area contributed by atoms with E-state index in [2.05, 4.69) is 5.32 Å². The summed E-state index contributed by atoms with van der Waals surface area (Å²) in [6.45, 7) is 4.59. The molecular formula is C21H25ClN2O2. The number of nitrogens with zero attached hydrogens (tertiary/aromatic N) is 1. The van der Waals surface area contributed by atoms with Gasteiger partial charge in [0, 0.05) is 31.0 Å². The molecule has 0 bridgehead atoms. The predicted octanol–water partition coefficient (Wildman–Crippen LogP) is 3.83. The van der Waals surface area contributed by atoms with Crippen molar-refractivity contribution in [2.24, 2.45) is 0 Å². The predicted molar refractivity (Wildman–Crippen MR) is 105 cm³/mol. The second-order valence-corrected chi connectivity index (χ2v) is 6.54. The first-order valence-electron chi connectivity index (χ1n) is 8.90. The molecule has 2 rings (SSSR count). The fourth-order valence-corrected chi connectivity index (χ4v) is 2.96. The number of amides is 2. The van der Waals surface area contributed by atoms with E-state index in [9.17, 15) is 9.59 Å². The molecule has 2 amide bonds. The normalized spacial score (nSPS) is 11.7. The van der Waals surface area contributed by atoms with Crippen LogP contribution < -0.4 is 5.32 Å². The number of nitrogens with one attached hydrogen (secondary N) is 1. The molecule has 0 fully saturated rings. The molecule has 0 aromatic heterocycles. The van der Waals surface area contributed by atoms with Gasteiger partial charge in [-0.25, -0.2) is 0 Å². The van der Waals surface area contributed by atoms with Crippen LogP contribution in [0.25, 0.3) is 0 Å². The van der Waals surface area contributed by atoms with Crippen molar-refractivity contribution >= 4 is 23.4 Å². The van der Waals surface area contributed by atoms with Gasteiger partial charge in [-0.3, -0.25) is 9.59 Å². The zero-order valence-corrected chi connectivity index (χ0v) is 16.0. The molecule has 0 saturated carbocycles. The van der Waals surface area contributed by atoms with Crippen LogP contribution in [-0.2, 0) is 22.6 Å². The van der Waals surface area contributed by atoms with Crippen LogP contribution in [0.5, 0.6) is 0 Å². The molecule has 26 heavy (non-hydrogen) atoms. The van der Waals surface area contributed by atoms with Crippen LogP contribution in [0.2, 0.25) is 5.02 Å². The number of likely N-dealkylation sites (N-methyl/N-ethyl adjacent to an activating group) is 1. The molecule has 0 aliphatic carbocycles. The van der Waals surface area contributed by atoms with Gasteiger partial charge in [0.25, 0.3) is 0 Å². The minimum atomic E-state index is -0.555. The van der Waals surface area contributed by atoms with Crippen LogP contribution in [-0.4, -0.2) is 29.3 Å². The summed E-state index contributed by atoms with van der Waals surface area (Å²) in [5, 5.41) is 3.51. The van der Waals surface area contributed by atoms with Crippen LogP contribution in [0, 0.1) is 0 Å². The second kappa shape index (κ2) is 9.97. The number of carbonyl (C=O) groups is 2. The van der Waals surface area contributed by atoms with Gasteiger partial charge in [0.15, 0.2) is 0 Å². The van der Waals surface area contributed by atoms with Gasteiger partial charge in [-0.1, -0.05) is 61.0 Å². The quantitative estimate of drug-likeness (QED) is 0.765. The molecule has 0 spiro atoms. The van der Waals surface area contributed by atoms with E-state index >= 15 is 0 Å². The van der Waals surface area contributed by atoms with E-state index < -0.39 is 6.04 Å². The molecule has 0 aliphatic heterocycles. The van der Waals surface area contributed by atoms with E-state index in [0.29, 0.717) is 31.0 Å². The fourth-order valence-electron chi connectivity index (χ4n) is 2.84. The molecule has 2 aromatic carbocycles. The first-order valence-corrected chi connectivity index (χ1v) is 9.28. The summed E-state index contributed by atoms with van der Waals surface area (Å²) in [4.78, 5) is 27.0. The molecule has 138 valence electrons. The summed E-state index contributed by atoms with van der Waals surface area (Å²) >= 11 is 5.95. The number of hydrogen-bond acceptors (Lipinski definition) is 2. The highest BCUT2D eigenvalue weighted by atomic mass is 35.5. The van der Waals surface area contributed by atoms with Gasteiger partial charge in [-0.15, -0.1) is 0 Å². The van der Waals surface area contributed by atoms with Crippen molar-refractivity contribution < 1.29 is 9.59 Å². The Kier molecular flexibility index (Phi) is 7.67. The fraction of sp³-hybridized carbons (Fsp3) is 0.333. The van der Waals surface area contributed by atoms with Gasteiger partial charge in [-0.2, -0.15) is 0 Å². The number of benzene rings is 2. The van der Waals surface area contributed by atoms with Crippen molar-refractivity contribution in [2.45, 2.75) is 39.3 Å². The van der Waals surface area contributed by atoms with Crippen molar-refractivity contribution in [1.29, 1.82) is 0 Å². The van der Waals surface area contributed by atoms with E-state index in [1.807, 2.05) is 56.3 Å². The SMILES string of the molecule is CCNC(=O)C(Cc1ccccc1)N(Cc1ccc(Cl)cc1)C(=O)CC. The molecule has 0 heterocycles. The lowest BCUT2D eigenvalue weighted by Crippen LogP contribution is -2.50. The Labute approximate surface area is 160 Å². The zero-order chi connectivity index (χ0) is 18.9. The third kappa shape index (κ3) is 5.60. The number of hydrogen-bond donors (Lipinski definition) is 1. The van der Waals surface area contributed by atoms with Crippen LogP contribution in [0.1, 0.15) is 31.4 Å². The van der Waals surface area contributed by atoms with Gasteiger partial charge >= 0.3 is 0 Å². The topological polar surface area (TPSA) is 49.4 Å². The number of halogens is 1. The minimum Gasteiger partial charge on any atom is -0.355 e.